The normalized spacial score (nSPS) is 18.5. The van der Waals surface area contributed by atoms with Gasteiger partial charge in [0.15, 0.2) is 0 Å². The first kappa shape index (κ1) is 34.0. The lowest BCUT2D eigenvalue weighted by molar-refractivity contribution is 0.0982. The molecule has 3 aromatic rings. The number of likely N-dealkylation sites (tertiary alicyclic amines) is 1. The van der Waals surface area contributed by atoms with Gasteiger partial charge in [-0.2, -0.15) is 0 Å². The molecule has 10 nitrogen and oxygen atoms in total. The van der Waals surface area contributed by atoms with Crippen LogP contribution in [0.4, 0.5) is 11.4 Å². The Bertz CT molecular complexity index is 1420. The number of aromatic nitrogens is 2. The fourth-order valence-corrected chi connectivity index (χ4v) is 6.57. The number of piperidine rings is 1. The number of likely N-dealkylation sites (N-methyl/N-ethyl adjacent to an activating group) is 1. The first-order valence-corrected chi connectivity index (χ1v) is 16.2. The fraction of sp³-hybridized carbons (Fsp3) is 0.500. The van der Waals surface area contributed by atoms with Gasteiger partial charge in [0, 0.05) is 49.2 Å². The Morgan fingerprint density at radius 2 is 1.89 bits per heavy atom. The van der Waals surface area contributed by atoms with Crippen LogP contribution in [0.1, 0.15) is 55.1 Å². The summed E-state index contributed by atoms with van der Waals surface area (Å²) >= 11 is 12.8. The first-order valence-electron chi connectivity index (χ1n) is 15.4. The number of hydrogen-bond donors (Lipinski definition) is 4. The summed E-state index contributed by atoms with van der Waals surface area (Å²) < 4.78 is 0. The summed E-state index contributed by atoms with van der Waals surface area (Å²) in [6, 6.07) is 7.82. The van der Waals surface area contributed by atoms with Crippen molar-refractivity contribution >= 4 is 57.1 Å². The van der Waals surface area contributed by atoms with E-state index in [2.05, 4.69) is 62.6 Å². The average Bonchev–Trinajstić information content (AvgIpc) is 3.69. The highest BCUT2D eigenvalue weighted by Gasteiger charge is 2.33. The zero-order chi connectivity index (χ0) is 31.8. The number of pyridine rings is 1. The van der Waals surface area contributed by atoms with Gasteiger partial charge in [0.1, 0.15) is 5.65 Å². The zero-order valence-electron chi connectivity index (χ0n) is 26.6. The Labute approximate surface area is 271 Å². The highest BCUT2D eigenvalue weighted by molar-refractivity contribution is 6.40. The maximum atomic E-state index is 13.5. The second-order valence-electron chi connectivity index (χ2n) is 11.4. The van der Waals surface area contributed by atoms with Gasteiger partial charge in [0.05, 0.1) is 39.7 Å². The molecule has 5 N–H and O–H groups in total. The molecule has 1 saturated heterocycles. The Morgan fingerprint density at radius 3 is 2.57 bits per heavy atom. The van der Waals surface area contributed by atoms with Crippen LogP contribution < -0.4 is 26.3 Å². The lowest BCUT2D eigenvalue weighted by Crippen LogP contribution is -2.48. The van der Waals surface area contributed by atoms with Crippen LogP contribution in [-0.4, -0.2) is 92.9 Å². The van der Waals surface area contributed by atoms with Gasteiger partial charge in [0.2, 0.25) is 0 Å². The number of H-pyrrole nitrogens is 1. The van der Waals surface area contributed by atoms with Crippen molar-refractivity contribution in [1.29, 1.82) is 0 Å². The van der Waals surface area contributed by atoms with Crippen molar-refractivity contribution in [1.82, 2.24) is 30.6 Å². The summed E-state index contributed by atoms with van der Waals surface area (Å²) in [6.07, 6.45) is 10.2. The summed E-state index contributed by atoms with van der Waals surface area (Å²) in [7, 11) is 7.64. The molecular weight excluding hydrogens is 597 g/mol. The van der Waals surface area contributed by atoms with Crippen LogP contribution in [0.3, 0.4) is 0 Å². The third-order valence-corrected chi connectivity index (χ3v) is 8.77. The number of nitrogens with zero attached hydrogens (tertiary/aromatic N) is 5. The number of rotatable bonds is 7. The molecular formula is C32H47Cl2N9O. The molecule has 5 heterocycles. The number of hydrogen-bond acceptors (Lipinski definition) is 8. The topological polar surface area (TPSA) is 109 Å². The second kappa shape index (κ2) is 15.9. The number of anilines is 2. The van der Waals surface area contributed by atoms with Gasteiger partial charge in [0.25, 0.3) is 5.91 Å². The molecule has 1 atom stereocenters. The molecule has 1 amide bonds. The van der Waals surface area contributed by atoms with E-state index in [9.17, 15) is 4.79 Å². The van der Waals surface area contributed by atoms with Crippen LogP contribution in [0.2, 0.25) is 10.0 Å². The zero-order valence-corrected chi connectivity index (χ0v) is 28.1. The van der Waals surface area contributed by atoms with E-state index in [-0.39, 0.29) is 5.91 Å². The number of nitrogens with two attached hydrogens (primary N) is 1. The number of para-hydroxylation sites is 1. The Kier molecular flexibility index (Phi) is 12.3. The van der Waals surface area contributed by atoms with Crippen molar-refractivity contribution in [3.63, 3.8) is 0 Å². The van der Waals surface area contributed by atoms with Crippen LogP contribution in [0.5, 0.6) is 0 Å². The Balaban J connectivity index is 0.000000435. The number of carbonyl (C=O) groups is 1. The number of benzene rings is 1. The van der Waals surface area contributed by atoms with E-state index in [4.69, 9.17) is 23.2 Å². The van der Waals surface area contributed by atoms with Crippen molar-refractivity contribution in [2.45, 2.75) is 45.1 Å². The third kappa shape index (κ3) is 7.50. The van der Waals surface area contributed by atoms with Crippen LogP contribution >= 0.6 is 23.2 Å². The first-order chi connectivity index (χ1) is 21.3. The lowest BCUT2D eigenvalue weighted by atomic mass is 10.1. The minimum absolute atomic E-state index is 0.167. The molecule has 3 aliphatic heterocycles. The fourth-order valence-electron chi connectivity index (χ4n) is 5.97. The van der Waals surface area contributed by atoms with Crippen LogP contribution in [0.15, 0.2) is 36.7 Å². The van der Waals surface area contributed by atoms with E-state index in [1.807, 2.05) is 19.0 Å². The maximum Gasteiger partial charge on any atom is 0.263 e. The average molecular weight is 645 g/mol. The van der Waals surface area contributed by atoms with Gasteiger partial charge >= 0.3 is 0 Å². The second-order valence-corrected chi connectivity index (χ2v) is 12.2. The van der Waals surface area contributed by atoms with E-state index >= 15 is 0 Å². The van der Waals surface area contributed by atoms with Crippen molar-refractivity contribution in [2.75, 3.05) is 70.8 Å². The van der Waals surface area contributed by atoms with E-state index in [0.717, 1.165) is 42.0 Å². The molecule has 0 radical (unpaired) electrons. The predicted octanol–water partition coefficient (Wildman–Crippen LogP) is 5.15. The molecule has 1 fully saturated rings. The van der Waals surface area contributed by atoms with E-state index < -0.39 is 0 Å². The standard InChI is InChI=1S/C25H27Cl2N7O.C6H15N.CH5N/c1-31-8-4-5-16(13-31)34-12-15(10-29-34)21-9-17-22-18(11-28-24(17)30-21)25(35)33(14-32(22)2)23-19(26)6-3-7-20(23)27;1-3-4-5-6-7-2;1-2/h3,6-7,9,11-12,16,29H,4-5,8,10,13-14H2,1-2H3,(H,28,30);7H,3-6H2,1-2H3;2H2,1H3. The molecule has 3 aliphatic rings. The summed E-state index contributed by atoms with van der Waals surface area (Å²) in [6.45, 7) is 6.69. The maximum absolute atomic E-state index is 13.5. The van der Waals surface area contributed by atoms with Gasteiger partial charge in [-0.25, -0.2) is 10.4 Å². The quantitative estimate of drug-likeness (QED) is 0.262. The minimum atomic E-state index is -0.167. The molecule has 44 heavy (non-hydrogen) atoms. The van der Waals surface area contributed by atoms with Gasteiger partial charge in [-0.3, -0.25) is 9.69 Å². The van der Waals surface area contributed by atoms with Gasteiger partial charge < -0.3 is 30.8 Å². The molecule has 6 rings (SSSR count). The lowest BCUT2D eigenvalue weighted by Gasteiger charge is -2.36. The summed E-state index contributed by atoms with van der Waals surface area (Å²) in [5.41, 5.74) is 12.9. The van der Waals surface area contributed by atoms with Gasteiger partial charge in [-0.1, -0.05) is 49.0 Å². The van der Waals surface area contributed by atoms with Crippen LogP contribution in [0.25, 0.3) is 16.6 Å². The number of hydrazine groups is 1. The molecule has 0 bridgehead atoms. The summed E-state index contributed by atoms with van der Waals surface area (Å²) in [5, 5.41) is 7.16. The van der Waals surface area contributed by atoms with Crippen molar-refractivity contribution in [3.8, 4) is 0 Å². The Morgan fingerprint density at radius 1 is 1.14 bits per heavy atom. The summed E-state index contributed by atoms with van der Waals surface area (Å²) in [5.74, 6) is -0.167. The largest absolute Gasteiger partial charge is 0.355 e. The monoisotopic (exact) mass is 643 g/mol. The van der Waals surface area contributed by atoms with Crippen molar-refractivity contribution in [3.05, 3.63) is 58.0 Å². The highest BCUT2D eigenvalue weighted by atomic mass is 35.5. The highest BCUT2D eigenvalue weighted by Crippen LogP contribution is 2.40. The van der Waals surface area contributed by atoms with Crippen LogP contribution in [0, 0.1) is 0 Å². The number of unbranched alkanes of at least 4 members (excludes halogenated alkanes) is 2. The molecule has 2 aromatic heterocycles. The molecule has 240 valence electrons. The number of aromatic amines is 1. The SMILES string of the molecule is CCCCCNC.CN.CN1CCCC(N2C=C(c3cc4c5c(cnc4[nH]3)C(=O)N(c3c(Cl)cccc3Cl)CN5C)CN2)C1. The minimum Gasteiger partial charge on any atom is -0.355 e. The number of amides is 1. The van der Waals surface area contributed by atoms with Gasteiger partial charge in [-0.15, -0.1) is 0 Å². The molecule has 12 heteroatoms. The smallest absolute Gasteiger partial charge is 0.263 e. The van der Waals surface area contributed by atoms with E-state index in [1.54, 1.807) is 29.3 Å². The molecule has 0 saturated carbocycles. The number of halogens is 2. The Hall–Kier alpha value is -2.86. The predicted molar refractivity (Wildman–Crippen MR) is 185 cm³/mol. The molecule has 1 unspecified atom stereocenters. The summed E-state index contributed by atoms with van der Waals surface area (Å²) in [4.78, 5) is 27.6. The van der Waals surface area contributed by atoms with E-state index in [1.165, 1.54) is 51.3 Å². The van der Waals surface area contributed by atoms with Gasteiger partial charge in [-0.05, 0) is 71.7 Å². The number of carbonyl (C=O) groups excluding carboxylic acids is 1. The molecule has 0 spiro atoms. The van der Waals surface area contributed by atoms with Crippen molar-refractivity contribution in [2.24, 2.45) is 5.73 Å². The number of fused-ring (bicyclic) bond motifs is 3. The van der Waals surface area contributed by atoms with E-state index in [0.29, 0.717) is 34.0 Å². The number of nitrogens with one attached hydrogen (secondary N) is 3. The molecule has 0 aliphatic carbocycles. The van der Waals surface area contributed by atoms with Crippen molar-refractivity contribution < 1.29 is 4.79 Å². The van der Waals surface area contributed by atoms with Crippen LogP contribution in [-0.2, 0) is 0 Å². The third-order valence-electron chi connectivity index (χ3n) is 8.16. The molecule has 1 aromatic carbocycles.